The number of anilines is 1. The maximum absolute atomic E-state index is 12.5. The average molecular weight is 351 g/mol. The van der Waals surface area contributed by atoms with Gasteiger partial charge in [-0.2, -0.15) is 9.78 Å². The lowest BCUT2D eigenvalue weighted by Crippen LogP contribution is -2.22. The number of benzene rings is 1. The zero-order valence-corrected chi connectivity index (χ0v) is 13.5. The number of fused-ring (bicyclic) bond motifs is 1. The Labute approximate surface area is 145 Å². The van der Waals surface area contributed by atoms with E-state index in [4.69, 9.17) is 5.73 Å². The first kappa shape index (κ1) is 15.5. The van der Waals surface area contributed by atoms with E-state index in [0.29, 0.717) is 5.69 Å². The Morgan fingerprint density at radius 1 is 1.38 bits per heavy atom. The maximum atomic E-state index is 12.5. The van der Waals surface area contributed by atoms with E-state index >= 15 is 0 Å². The summed E-state index contributed by atoms with van der Waals surface area (Å²) in [5, 5.41) is 19.8. The van der Waals surface area contributed by atoms with Crippen LogP contribution in [0.3, 0.4) is 0 Å². The van der Waals surface area contributed by atoms with Gasteiger partial charge in [0.2, 0.25) is 11.6 Å². The minimum Gasteiger partial charge on any atom is -0.378 e. The fraction of sp³-hybridized carbons (Fsp3) is 0.0667. The lowest BCUT2D eigenvalue weighted by molar-refractivity contribution is 0.0946. The molecular weight excluding hydrogens is 338 g/mol. The molecule has 0 aliphatic carbocycles. The molecule has 0 aliphatic rings. The average Bonchev–Trinajstić information content (AvgIpc) is 3.34. The van der Waals surface area contributed by atoms with Gasteiger partial charge in [-0.25, -0.2) is 10.1 Å². The molecule has 1 aromatic carbocycles. The van der Waals surface area contributed by atoms with Gasteiger partial charge in [0.05, 0.1) is 11.9 Å². The lowest BCUT2D eigenvalue weighted by atomic mass is 10.2. The fourth-order valence-electron chi connectivity index (χ4n) is 2.52. The van der Waals surface area contributed by atoms with Crippen LogP contribution in [0.25, 0.3) is 16.7 Å². The Morgan fingerprint density at radius 2 is 2.23 bits per heavy atom. The van der Waals surface area contributed by atoms with Crippen molar-refractivity contribution in [1.82, 2.24) is 35.7 Å². The monoisotopic (exact) mass is 351 g/mol. The molecule has 11 nitrogen and oxygen atoms in total. The van der Waals surface area contributed by atoms with Crippen LogP contribution in [0, 0.1) is 6.92 Å². The summed E-state index contributed by atoms with van der Waals surface area (Å²) in [4.78, 5) is 15.6. The number of nitrogen functional groups attached to an aromatic ring is 1. The van der Waals surface area contributed by atoms with Crippen LogP contribution in [0.2, 0.25) is 0 Å². The summed E-state index contributed by atoms with van der Waals surface area (Å²) >= 11 is 0. The molecule has 0 fully saturated rings. The van der Waals surface area contributed by atoms with E-state index in [9.17, 15) is 4.79 Å². The topological polar surface area (TPSA) is 153 Å². The number of carbonyl (C=O) groups excluding carboxylic acids is 1. The standard InChI is InChI=1S/C15H13N9O2/c1-8-12(24(23-19-8)14-13(16)21-26-22-14)15(25)20-18-7-9-6-17-11-5-3-2-4-10(9)11/h2-7,17H,1H3,(H2,16,21)(H,20,25). The summed E-state index contributed by atoms with van der Waals surface area (Å²) in [6.45, 7) is 1.63. The van der Waals surface area contributed by atoms with Crippen molar-refractivity contribution in [2.45, 2.75) is 6.92 Å². The van der Waals surface area contributed by atoms with Crippen molar-refractivity contribution in [2.24, 2.45) is 5.10 Å². The highest BCUT2D eigenvalue weighted by Gasteiger charge is 2.22. The minimum absolute atomic E-state index is 0.00811. The highest BCUT2D eigenvalue weighted by molar-refractivity contribution is 6.00. The third-order valence-corrected chi connectivity index (χ3v) is 3.74. The van der Waals surface area contributed by atoms with Gasteiger partial charge in [-0.3, -0.25) is 4.79 Å². The molecule has 130 valence electrons. The molecule has 0 aliphatic heterocycles. The number of H-pyrrole nitrogens is 1. The first-order valence-corrected chi connectivity index (χ1v) is 7.55. The molecule has 0 radical (unpaired) electrons. The third-order valence-electron chi connectivity index (χ3n) is 3.74. The number of rotatable bonds is 4. The van der Waals surface area contributed by atoms with E-state index in [1.54, 1.807) is 19.3 Å². The van der Waals surface area contributed by atoms with Crippen molar-refractivity contribution in [3.63, 3.8) is 0 Å². The second-order valence-corrected chi connectivity index (χ2v) is 5.40. The van der Waals surface area contributed by atoms with Crippen molar-refractivity contribution in [1.29, 1.82) is 0 Å². The molecule has 0 saturated carbocycles. The van der Waals surface area contributed by atoms with Gasteiger partial charge in [0, 0.05) is 22.7 Å². The van der Waals surface area contributed by atoms with Crippen LogP contribution in [-0.4, -0.2) is 42.4 Å². The lowest BCUT2D eigenvalue weighted by Gasteiger charge is -2.02. The fourth-order valence-corrected chi connectivity index (χ4v) is 2.52. The Morgan fingerprint density at radius 3 is 3.04 bits per heavy atom. The summed E-state index contributed by atoms with van der Waals surface area (Å²) in [6, 6.07) is 7.77. The summed E-state index contributed by atoms with van der Waals surface area (Å²) in [7, 11) is 0. The van der Waals surface area contributed by atoms with Gasteiger partial charge in [-0.1, -0.05) is 23.4 Å². The number of hydrazone groups is 1. The number of carbonyl (C=O) groups is 1. The number of aromatic amines is 1. The normalized spacial score (nSPS) is 11.4. The molecule has 0 spiro atoms. The molecular formula is C15H13N9O2. The number of aryl methyl sites for hydroxylation is 1. The van der Waals surface area contributed by atoms with Crippen molar-refractivity contribution < 1.29 is 9.42 Å². The SMILES string of the molecule is Cc1nnn(-c2nonc2N)c1C(=O)NN=Cc1c[nH]c2ccccc12. The molecule has 0 saturated heterocycles. The van der Waals surface area contributed by atoms with Crippen LogP contribution in [0.1, 0.15) is 21.7 Å². The number of hydrogen-bond donors (Lipinski definition) is 3. The van der Waals surface area contributed by atoms with Crippen molar-refractivity contribution in [3.8, 4) is 5.82 Å². The van der Waals surface area contributed by atoms with E-state index in [1.165, 1.54) is 0 Å². The second kappa shape index (κ2) is 6.12. The number of nitrogens with one attached hydrogen (secondary N) is 2. The van der Waals surface area contributed by atoms with Gasteiger partial charge in [0.15, 0.2) is 5.69 Å². The van der Waals surface area contributed by atoms with Gasteiger partial charge in [0.25, 0.3) is 5.91 Å². The van der Waals surface area contributed by atoms with E-state index in [2.05, 4.69) is 40.8 Å². The molecule has 3 aromatic heterocycles. The number of nitrogens with two attached hydrogens (primary N) is 1. The summed E-state index contributed by atoms with van der Waals surface area (Å²) in [6.07, 6.45) is 3.35. The van der Waals surface area contributed by atoms with Crippen molar-refractivity contribution >= 4 is 28.8 Å². The maximum Gasteiger partial charge on any atom is 0.292 e. The number of para-hydroxylation sites is 1. The molecule has 4 aromatic rings. The Hall–Kier alpha value is -4.02. The van der Waals surface area contributed by atoms with Crippen LogP contribution >= 0.6 is 0 Å². The van der Waals surface area contributed by atoms with Crippen LogP contribution in [-0.2, 0) is 0 Å². The number of nitrogens with zero attached hydrogens (tertiary/aromatic N) is 6. The zero-order chi connectivity index (χ0) is 18.1. The smallest absolute Gasteiger partial charge is 0.292 e. The molecule has 0 atom stereocenters. The summed E-state index contributed by atoms with van der Waals surface area (Å²) in [5.74, 6) is -0.450. The largest absolute Gasteiger partial charge is 0.378 e. The molecule has 1 amide bonds. The van der Waals surface area contributed by atoms with Crippen LogP contribution in [0.15, 0.2) is 40.2 Å². The first-order valence-electron chi connectivity index (χ1n) is 7.55. The quantitative estimate of drug-likeness (QED) is 0.363. The zero-order valence-electron chi connectivity index (χ0n) is 13.5. The highest BCUT2D eigenvalue weighted by Crippen LogP contribution is 2.16. The molecule has 3 heterocycles. The van der Waals surface area contributed by atoms with E-state index in [1.807, 2.05) is 24.3 Å². The first-order chi connectivity index (χ1) is 12.6. The van der Waals surface area contributed by atoms with Gasteiger partial charge in [0.1, 0.15) is 0 Å². The predicted octanol–water partition coefficient (Wildman–Crippen LogP) is 0.786. The molecule has 4 N–H and O–H groups in total. The van der Waals surface area contributed by atoms with Gasteiger partial charge >= 0.3 is 0 Å². The number of aromatic nitrogens is 6. The van der Waals surface area contributed by atoms with E-state index in [0.717, 1.165) is 21.1 Å². The number of hydrogen-bond acceptors (Lipinski definition) is 8. The molecule has 0 unspecified atom stereocenters. The summed E-state index contributed by atoms with van der Waals surface area (Å²) in [5.41, 5.74) is 10.4. The van der Waals surface area contributed by atoms with Crippen molar-refractivity contribution in [2.75, 3.05) is 5.73 Å². The highest BCUT2D eigenvalue weighted by atomic mass is 16.6. The van der Waals surface area contributed by atoms with Gasteiger partial charge < -0.3 is 10.7 Å². The third kappa shape index (κ3) is 2.56. The van der Waals surface area contributed by atoms with Crippen molar-refractivity contribution in [3.05, 3.63) is 47.4 Å². The molecule has 4 rings (SSSR count). The molecule has 0 bridgehead atoms. The second-order valence-electron chi connectivity index (χ2n) is 5.40. The predicted molar refractivity (Wildman–Crippen MR) is 91.7 cm³/mol. The minimum atomic E-state index is -0.522. The Balaban J connectivity index is 1.58. The summed E-state index contributed by atoms with van der Waals surface area (Å²) < 4.78 is 5.69. The van der Waals surface area contributed by atoms with Crippen LogP contribution in [0.4, 0.5) is 5.82 Å². The van der Waals surface area contributed by atoms with Gasteiger partial charge in [-0.05, 0) is 23.3 Å². The Kier molecular flexibility index (Phi) is 3.65. The Bertz CT molecular complexity index is 1120. The molecule has 11 heteroatoms. The van der Waals surface area contributed by atoms with Crippen LogP contribution in [0.5, 0.6) is 0 Å². The van der Waals surface area contributed by atoms with E-state index in [-0.39, 0.29) is 17.3 Å². The molecule has 26 heavy (non-hydrogen) atoms. The van der Waals surface area contributed by atoms with E-state index < -0.39 is 5.91 Å². The van der Waals surface area contributed by atoms with Gasteiger partial charge in [-0.15, -0.1) is 5.10 Å². The number of amides is 1. The van der Waals surface area contributed by atoms with Crippen LogP contribution < -0.4 is 11.2 Å².